The summed E-state index contributed by atoms with van der Waals surface area (Å²) < 4.78 is 0. The molecule has 0 fully saturated rings. The van der Waals surface area contributed by atoms with Gasteiger partial charge in [0.15, 0.2) is 5.17 Å². The Morgan fingerprint density at radius 1 is 1.32 bits per heavy atom. The summed E-state index contributed by atoms with van der Waals surface area (Å²) in [6.45, 7) is 0.708. The summed E-state index contributed by atoms with van der Waals surface area (Å²) in [5.41, 5.74) is 1.79. The number of thioether (sulfide) groups is 1. The number of aromatic amines is 1. The van der Waals surface area contributed by atoms with Crippen molar-refractivity contribution in [2.45, 2.75) is 19.3 Å². The Kier molecular flexibility index (Phi) is 6.70. The molecule has 1 aromatic heterocycles. The molecule has 1 aromatic carbocycles. The molecular weight excluding hydrogens is 296 g/mol. The van der Waals surface area contributed by atoms with Crippen LogP contribution in [0.15, 0.2) is 47.8 Å². The molecule has 0 aliphatic heterocycles. The van der Waals surface area contributed by atoms with Crippen molar-refractivity contribution in [1.29, 1.82) is 0 Å². The highest BCUT2D eigenvalue weighted by Gasteiger charge is 2.07. The van der Waals surface area contributed by atoms with Crippen molar-refractivity contribution in [1.82, 2.24) is 15.3 Å². The second kappa shape index (κ2) is 9.04. The first-order valence-corrected chi connectivity index (χ1v) is 8.44. The second-order valence-corrected chi connectivity index (χ2v) is 5.54. The molecule has 116 valence electrons. The molecule has 1 amide bonds. The lowest BCUT2D eigenvalue weighted by Gasteiger charge is -2.06. The molecule has 0 radical (unpaired) electrons. The van der Waals surface area contributed by atoms with E-state index in [0.29, 0.717) is 17.3 Å². The minimum atomic E-state index is -0.119. The number of imidazole rings is 1. The number of aliphatic imine (C=N–C) groups is 1. The minimum absolute atomic E-state index is 0.119. The van der Waals surface area contributed by atoms with Crippen LogP contribution in [0.5, 0.6) is 0 Å². The number of nitrogens with one attached hydrogen (secondary N) is 2. The molecule has 0 atom stereocenters. The molecule has 0 saturated heterocycles. The van der Waals surface area contributed by atoms with E-state index in [1.165, 1.54) is 11.8 Å². The second-order valence-electron chi connectivity index (χ2n) is 4.75. The zero-order valence-electron chi connectivity index (χ0n) is 12.6. The van der Waals surface area contributed by atoms with Gasteiger partial charge in [-0.1, -0.05) is 30.0 Å². The number of hydrogen-bond donors (Lipinski definition) is 2. The molecule has 0 aliphatic carbocycles. The largest absolute Gasteiger partial charge is 0.348 e. The molecule has 1 heterocycles. The molecule has 6 heteroatoms. The van der Waals surface area contributed by atoms with Crippen LogP contribution < -0.4 is 5.32 Å². The highest BCUT2D eigenvalue weighted by Crippen LogP contribution is 2.04. The molecule has 2 N–H and O–H groups in total. The maximum absolute atomic E-state index is 12.0. The molecule has 0 spiro atoms. The van der Waals surface area contributed by atoms with Crippen LogP contribution in [0.25, 0.3) is 0 Å². The van der Waals surface area contributed by atoms with Gasteiger partial charge < -0.3 is 10.3 Å². The molecule has 0 bridgehead atoms. The highest BCUT2D eigenvalue weighted by molar-refractivity contribution is 8.13. The quantitative estimate of drug-likeness (QED) is 0.489. The van der Waals surface area contributed by atoms with Crippen molar-refractivity contribution in [2.75, 3.05) is 12.8 Å². The van der Waals surface area contributed by atoms with Crippen molar-refractivity contribution >= 4 is 22.8 Å². The third kappa shape index (κ3) is 5.37. The van der Waals surface area contributed by atoms with E-state index >= 15 is 0 Å². The SMILES string of the molecule is CSC(=NCCCCc1cnc[nH]1)NC(=O)c1ccccc1. The third-order valence-electron chi connectivity index (χ3n) is 3.11. The molecule has 2 aromatic rings. The molecule has 5 nitrogen and oxygen atoms in total. The van der Waals surface area contributed by atoms with Gasteiger partial charge in [-0.25, -0.2) is 4.98 Å². The van der Waals surface area contributed by atoms with Gasteiger partial charge in [-0.2, -0.15) is 0 Å². The monoisotopic (exact) mass is 316 g/mol. The van der Waals surface area contributed by atoms with Gasteiger partial charge in [0.25, 0.3) is 5.91 Å². The predicted molar refractivity (Wildman–Crippen MR) is 91.3 cm³/mol. The minimum Gasteiger partial charge on any atom is -0.348 e. The number of nitrogens with zero attached hydrogens (tertiary/aromatic N) is 2. The average molecular weight is 316 g/mol. The topological polar surface area (TPSA) is 70.1 Å². The van der Waals surface area contributed by atoms with Crippen LogP contribution in [0, 0.1) is 0 Å². The van der Waals surface area contributed by atoms with E-state index in [2.05, 4.69) is 20.3 Å². The summed E-state index contributed by atoms with van der Waals surface area (Å²) in [7, 11) is 0. The normalized spacial score (nSPS) is 11.4. The van der Waals surface area contributed by atoms with Crippen molar-refractivity contribution in [3.8, 4) is 0 Å². The lowest BCUT2D eigenvalue weighted by molar-refractivity contribution is 0.0978. The number of amidine groups is 1. The van der Waals surface area contributed by atoms with Gasteiger partial charge in [0, 0.05) is 24.0 Å². The molecular formula is C16H20N4OS. The number of aryl methyl sites for hydroxylation is 1. The Morgan fingerprint density at radius 3 is 2.82 bits per heavy atom. The molecule has 0 unspecified atom stereocenters. The molecule has 0 aliphatic rings. The molecule has 22 heavy (non-hydrogen) atoms. The number of rotatable bonds is 6. The standard InChI is InChI=1S/C16H20N4OS/c1-22-16(20-15(21)13-7-3-2-4-8-13)18-10-6-5-9-14-11-17-12-19-14/h2-4,7-8,11-12H,5-6,9-10H2,1H3,(H,17,19)(H,18,20,21). The Labute approximate surface area is 134 Å². The first-order chi connectivity index (χ1) is 10.8. The van der Waals surface area contributed by atoms with Crippen molar-refractivity contribution in [3.05, 3.63) is 54.1 Å². The van der Waals surface area contributed by atoms with Crippen LogP contribution in [-0.4, -0.2) is 33.8 Å². The summed E-state index contributed by atoms with van der Waals surface area (Å²) in [6, 6.07) is 9.16. The Balaban J connectivity index is 1.74. The Hall–Kier alpha value is -2.08. The van der Waals surface area contributed by atoms with Crippen LogP contribution in [0.4, 0.5) is 0 Å². The van der Waals surface area contributed by atoms with E-state index in [1.807, 2.05) is 30.7 Å². The summed E-state index contributed by atoms with van der Waals surface area (Å²) in [4.78, 5) is 23.6. The first kappa shape index (κ1) is 16.3. The van der Waals surface area contributed by atoms with E-state index in [1.54, 1.807) is 18.5 Å². The lowest BCUT2D eigenvalue weighted by atomic mass is 10.2. The van der Waals surface area contributed by atoms with E-state index in [4.69, 9.17) is 0 Å². The zero-order valence-corrected chi connectivity index (χ0v) is 13.4. The molecule has 2 rings (SSSR count). The fourth-order valence-electron chi connectivity index (χ4n) is 1.94. The number of amides is 1. The number of H-pyrrole nitrogens is 1. The Morgan fingerprint density at radius 2 is 2.14 bits per heavy atom. The van der Waals surface area contributed by atoms with Crippen molar-refractivity contribution in [3.63, 3.8) is 0 Å². The van der Waals surface area contributed by atoms with E-state index in [-0.39, 0.29) is 5.91 Å². The maximum atomic E-state index is 12.0. The lowest BCUT2D eigenvalue weighted by Crippen LogP contribution is -2.28. The van der Waals surface area contributed by atoms with Gasteiger partial charge >= 0.3 is 0 Å². The maximum Gasteiger partial charge on any atom is 0.257 e. The van der Waals surface area contributed by atoms with Crippen LogP contribution >= 0.6 is 11.8 Å². The van der Waals surface area contributed by atoms with Crippen molar-refractivity contribution < 1.29 is 4.79 Å². The third-order valence-corrected chi connectivity index (χ3v) is 3.73. The molecule has 0 saturated carbocycles. The van der Waals surface area contributed by atoms with Crippen LogP contribution in [0.2, 0.25) is 0 Å². The van der Waals surface area contributed by atoms with Crippen LogP contribution in [-0.2, 0) is 6.42 Å². The number of unbranched alkanes of at least 4 members (excludes halogenated alkanes) is 1. The predicted octanol–water partition coefficient (Wildman–Crippen LogP) is 2.88. The van der Waals surface area contributed by atoms with Gasteiger partial charge in [-0.05, 0) is 37.7 Å². The number of hydrogen-bond acceptors (Lipinski definition) is 4. The number of aromatic nitrogens is 2. The smallest absolute Gasteiger partial charge is 0.257 e. The highest BCUT2D eigenvalue weighted by atomic mass is 32.2. The average Bonchev–Trinajstić information content (AvgIpc) is 3.07. The summed E-state index contributed by atoms with van der Waals surface area (Å²) >= 11 is 1.45. The van der Waals surface area contributed by atoms with Crippen molar-refractivity contribution in [2.24, 2.45) is 4.99 Å². The number of carbonyl (C=O) groups is 1. The number of benzene rings is 1. The zero-order chi connectivity index (χ0) is 15.6. The van der Waals surface area contributed by atoms with E-state index < -0.39 is 0 Å². The summed E-state index contributed by atoms with van der Waals surface area (Å²) in [5.74, 6) is -0.119. The van der Waals surface area contributed by atoms with E-state index in [9.17, 15) is 4.79 Å². The van der Waals surface area contributed by atoms with Gasteiger partial charge in [-0.3, -0.25) is 9.79 Å². The summed E-state index contributed by atoms with van der Waals surface area (Å²) in [6.07, 6.45) is 8.44. The van der Waals surface area contributed by atoms with Gasteiger partial charge in [0.2, 0.25) is 0 Å². The number of carbonyl (C=O) groups excluding carboxylic acids is 1. The van der Waals surface area contributed by atoms with Gasteiger partial charge in [0.1, 0.15) is 0 Å². The van der Waals surface area contributed by atoms with Crippen LogP contribution in [0.3, 0.4) is 0 Å². The fraction of sp³-hybridized carbons (Fsp3) is 0.312. The first-order valence-electron chi connectivity index (χ1n) is 7.21. The van der Waals surface area contributed by atoms with Gasteiger partial charge in [-0.15, -0.1) is 0 Å². The summed E-state index contributed by atoms with van der Waals surface area (Å²) in [5, 5.41) is 3.51. The van der Waals surface area contributed by atoms with Gasteiger partial charge in [0.05, 0.1) is 6.33 Å². The van der Waals surface area contributed by atoms with Crippen LogP contribution in [0.1, 0.15) is 28.9 Å². The fourth-order valence-corrected chi connectivity index (χ4v) is 2.36. The Bertz CT molecular complexity index is 596. The van der Waals surface area contributed by atoms with E-state index in [0.717, 1.165) is 25.0 Å².